The summed E-state index contributed by atoms with van der Waals surface area (Å²) >= 11 is 0. The van der Waals surface area contributed by atoms with Gasteiger partial charge in [0, 0.05) is 23.2 Å². The van der Waals surface area contributed by atoms with Crippen LogP contribution in [0, 0.1) is 0 Å². The number of hydrogen-bond donors (Lipinski definition) is 3. The average molecular weight is 893 g/mol. The van der Waals surface area contributed by atoms with E-state index in [9.17, 15) is 14.7 Å². The van der Waals surface area contributed by atoms with Gasteiger partial charge in [-0.2, -0.15) is 10.2 Å². The third-order valence-corrected chi connectivity index (χ3v) is 12.5. The molecule has 2 saturated carbocycles. The summed E-state index contributed by atoms with van der Waals surface area (Å²) in [5.74, 6) is 2.75. The number of nitrogens with zero attached hydrogens (tertiary/aromatic N) is 12. The van der Waals surface area contributed by atoms with Crippen molar-refractivity contribution < 1.29 is 9.84 Å². The lowest BCUT2D eigenvalue weighted by Gasteiger charge is -2.19. The lowest BCUT2D eigenvalue weighted by atomic mass is 10.1. The fourth-order valence-electron chi connectivity index (χ4n) is 8.86. The van der Waals surface area contributed by atoms with E-state index in [0.29, 0.717) is 89.9 Å². The van der Waals surface area contributed by atoms with E-state index >= 15 is 0 Å². The van der Waals surface area contributed by atoms with Crippen molar-refractivity contribution in [2.75, 3.05) is 18.6 Å². The maximum Gasteiger partial charge on any atom is 0.261 e. The molecule has 12 rings (SSSR count). The zero-order valence-corrected chi connectivity index (χ0v) is 36.7. The molecular formula is C49H44N14O4. The van der Waals surface area contributed by atoms with Gasteiger partial charge < -0.3 is 21.3 Å². The molecule has 18 nitrogen and oxygen atoms in total. The predicted octanol–water partition coefficient (Wildman–Crippen LogP) is 7.17. The Morgan fingerprint density at radius 3 is 1.54 bits per heavy atom. The highest BCUT2D eigenvalue weighted by Gasteiger charge is 2.34. The van der Waals surface area contributed by atoms with Crippen LogP contribution in [0.4, 0.5) is 11.6 Å². The predicted molar refractivity (Wildman–Crippen MR) is 255 cm³/mol. The first-order chi connectivity index (χ1) is 32.6. The number of fused-ring (bicyclic) bond motifs is 4. The monoisotopic (exact) mass is 892 g/mol. The minimum atomic E-state index is -0.397. The zero-order valence-electron chi connectivity index (χ0n) is 36.7. The molecule has 2 atom stereocenters. The summed E-state index contributed by atoms with van der Waals surface area (Å²) < 4.78 is 12.6. The molecule has 5 N–H and O–H groups in total. The van der Waals surface area contributed by atoms with Crippen LogP contribution in [0.5, 0.6) is 11.5 Å². The molecule has 2 fully saturated rings. The third-order valence-electron chi connectivity index (χ3n) is 12.5. The minimum absolute atomic E-state index is 0.0198. The van der Waals surface area contributed by atoms with E-state index in [4.69, 9.17) is 36.4 Å². The number of methoxy groups -OCH3 is 1. The van der Waals surface area contributed by atoms with Crippen LogP contribution in [0.25, 0.3) is 66.4 Å². The van der Waals surface area contributed by atoms with Crippen molar-refractivity contribution in [1.82, 2.24) is 58.6 Å². The molecule has 0 bridgehead atoms. The second-order valence-corrected chi connectivity index (χ2v) is 16.9. The van der Waals surface area contributed by atoms with E-state index in [0.717, 1.165) is 31.2 Å². The molecule has 2 aliphatic carbocycles. The number of para-hydroxylation sites is 2. The van der Waals surface area contributed by atoms with Gasteiger partial charge in [0.25, 0.3) is 11.1 Å². The summed E-state index contributed by atoms with van der Waals surface area (Å²) in [6, 6.07) is 28.8. The molecule has 4 aromatic carbocycles. The maximum atomic E-state index is 13.4. The first-order valence-corrected chi connectivity index (χ1v) is 22.0. The molecule has 6 aromatic heterocycles. The minimum Gasteiger partial charge on any atom is -0.508 e. The molecule has 0 aliphatic heterocycles. The number of nitrogens with two attached hydrogens (primary N) is 2. The number of rotatable bonds is 9. The molecule has 0 radical (unpaired) electrons. The third kappa shape index (κ3) is 7.13. The number of phenolic OH excluding ortho intramolecular Hbond substituents is 1. The van der Waals surface area contributed by atoms with Crippen LogP contribution >= 0.6 is 0 Å². The SMILES string of the molecule is CC(c1nc2ccccc2c(=O)n1C1CC1)n1nc(-c2cccc(O)c2)c2c(N)ncnc21.COc1cccc(-c2nn(C(C)c3nc4ccccc4c(=O)n3C3CC3)c3ncnc(N)c23)c1. The molecule has 67 heavy (non-hydrogen) atoms. The normalized spacial score (nSPS) is 14.6. The van der Waals surface area contributed by atoms with E-state index in [1.165, 1.54) is 12.7 Å². The Morgan fingerprint density at radius 1 is 0.612 bits per heavy atom. The van der Waals surface area contributed by atoms with Gasteiger partial charge in [-0.25, -0.2) is 39.3 Å². The fourth-order valence-corrected chi connectivity index (χ4v) is 8.86. The van der Waals surface area contributed by atoms with Crippen LogP contribution in [0.1, 0.15) is 75.3 Å². The second-order valence-electron chi connectivity index (χ2n) is 16.9. The quantitative estimate of drug-likeness (QED) is 0.130. The van der Waals surface area contributed by atoms with Gasteiger partial charge in [0.2, 0.25) is 0 Å². The van der Waals surface area contributed by atoms with Crippen molar-refractivity contribution in [3.8, 4) is 34.0 Å². The number of phenols is 1. The first kappa shape index (κ1) is 41.2. The van der Waals surface area contributed by atoms with Gasteiger partial charge in [-0.3, -0.25) is 18.7 Å². The largest absolute Gasteiger partial charge is 0.508 e. The van der Waals surface area contributed by atoms with Gasteiger partial charge in [0.15, 0.2) is 11.3 Å². The van der Waals surface area contributed by atoms with E-state index in [-0.39, 0.29) is 35.0 Å². The number of ether oxygens (including phenoxy) is 1. The van der Waals surface area contributed by atoms with Gasteiger partial charge in [0.1, 0.15) is 70.9 Å². The summed E-state index contributed by atoms with van der Waals surface area (Å²) in [5.41, 5.74) is 17.7. The number of anilines is 2. The second kappa shape index (κ2) is 16.2. The Hall–Kier alpha value is -8.54. The van der Waals surface area contributed by atoms with Crippen molar-refractivity contribution >= 4 is 55.5 Å². The molecule has 2 unspecified atom stereocenters. The van der Waals surface area contributed by atoms with Crippen molar-refractivity contribution in [1.29, 1.82) is 0 Å². The van der Waals surface area contributed by atoms with Crippen molar-refractivity contribution in [2.45, 2.75) is 63.7 Å². The van der Waals surface area contributed by atoms with E-state index < -0.39 is 6.04 Å². The van der Waals surface area contributed by atoms with Gasteiger partial charge in [-0.15, -0.1) is 0 Å². The van der Waals surface area contributed by atoms with Crippen molar-refractivity contribution in [2.24, 2.45) is 0 Å². The van der Waals surface area contributed by atoms with Gasteiger partial charge in [-0.1, -0.05) is 48.5 Å². The summed E-state index contributed by atoms with van der Waals surface area (Å²) in [5, 5.41) is 22.2. The Balaban J connectivity index is 0.000000148. The average Bonchev–Trinajstić information content (AvgIpc) is 4.29. The maximum absolute atomic E-state index is 13.4. The summed E-state index contributed by atoms with van der Waals surface area (Å²) in [6.45, 7) is 3.93. The Morgan fingerprint density at radius 2 is 1.07 bits per heavy atom. The van der Waals surface area contributed by atoms with Gasteiger partial charge in [-0.05, 0) is 88.1 Å². The van der Waals surface area contributed by atoms with Crippen molar-refractivity contribution in [3.05, 3.63) is 142 Å². The molecular weight excluding hydrogens is 849 g/mol. The molecule has 334 valence electrons. The lowest BCUT2D eigenvalue weighted by Crippen LogP contribution is -2.28. The molecule has 6 heterocycles. The summed E-state index contributed by atoms with van der Waals surface area (Å²) in [4.78, 5) is 53.9. The van der Waals surface area contributed by atoms with E-state index in [2.05, 4.69) is 19.9 Å². The zero-order chi connectivity index (χ0) is 46.1. The lowest BCUT2D eigenvalue weighted by molar-refractivity contribution is 0.415. The molecule has 0 saturated heterocycles. The molecule has 0 spiro atoms. The van der Waals surface area contributed by atoms with Crippen LogP contribution in [0.15, 0.2) is 119 Å². The van der Waals surface area contributed by atoms with Crippen LogP contribution in [0.3, 0.4) is 0 Å². The summed E-state index contributed by atoms with van der Waals surface area (Å²) in [6.07, 6.45) is 6.65. The molecule has 10 aromatic rings. The highest BCUT2D eigenvalue weighted by atomic mass is 16.5. The molecule has 18 heteroatoms. The smallest absolute Gasteiger partial charge is 0.261 e. The van der Waals surface area contributed by atoms with Crippen LogP contribution < -0.4 is 27.3 Å². The van der Waals surface area contributed by atoms with Crippen molar-refractivity contribution in [3.63, 3.8) is 0 Å². The number of aromatic nitrogens is 12. The number of hydrogen-bond acceptors (Lipinski definition) is 14. The Kier molecular flexibility index (Phi) is 9.93. The fraction of sp³-hybridized carbons (Fsp3) is 0.224. The number of nitrogen functional groups attached to an aromatic ring is 2. The highest BCUT2D eigenvalue weighted by Crippen LogP contribution is 2.40. The number of benzene rings is 4. The topological polar surface area (TPSA) is 238 Å². The van der Waals surface area contributed by atoms with Crippen LogP contribution in [-0.4, -0.2) is 70.8 Å². The highest BCUT2D eigenvalue weighted by molar-refractivity contribution is 5.99. The number of aromatic hydroxyl groups is 1. The first-order valence-electron chi connectivity index (χ1n) is 22.0. The van der Waals surface area contributed by atoms with E-state index in [1.807, 2.05) is 97.3 Å². The van der Waals surface area contributed by atoms with Crippen LogP contribution in [0.2, 0.25) is 0 Å². The Labute approximate surface area is 381 Å². The molecule has 2 aliphatic rings. The van der Waals surface area contributed by atoms with Crippen LogP contribution in [-0.2, 0) is 0 Å². The van der Waals surface area contributed by atoms with Gasteiger partial charge >= 0.3 is 0 Å². The molecule has 0 amide bonds. The standard InChI is InChI=1S/C25H23N7O2.C24H21N7O2/c1-14(23-29-19-9-4-3-8-18(19)25(33)31(23)16-10-11-16)32-24-20(22(26)27-13-28-24)21(30-32)15-6-5-7-17(12-15)34-2;1-13(22-28-18-8-3-2-7-17(18)24(33)30(22)15-9-10-15)31-23-19(21(25)26-12-27-23)20(29-31)14-5-4-6-16(32)11-14/h3-9,12-14,16H,10-11H2,1-2H3,(H2,26,27,28);2-8,11-13,15,32H,9-10H2,1H3,(H2,25,26,27). The van der Waals surface area contributed by atoms with E-state index in [1.54, 1.807) is 39.2 Å². The van der Waals surface area contributed by atoms with Gasteiger partial charge in [0.05, 0.1) is 39.7 Å². The summed E-state index contributed by atoms with van der Waals surface area (Å²) in [7, 11) is 1.62. The Bertz CT molecular complexity index is 3700.